The minimum Gasteiger partial charge on any atom is -0.465 e. The molecule has 0 spiro atoms. The van der Waals surface area contributed by atoms with E-state index >= 15 is 0 Å². The lowest BCUT2D eigenvalue weighted by atomic mass is 9.92. The summed E-state index contributed by atoms with van der Waals surface area (Å²) in [7, 11) is 0. The van der Waals surface area contributed by atoms with Crippen molar-refractivity contribution in [3.8, 4) is 21.6 Å². The number of carbonyl (C=O) groups excluding carboxylic acids is 2. The average molecular weight is 564 g/mol. The monoisotopic (exact) mass is 563 g/mol. The predicted octanol–water partition coefficient (Wildman–Crippen LogP) is 8.78. The summed E-state index contributed by atoms with van der Waals surface area (Å²) in [6.45, 7) is 3.87. The van der Waals surface area contributed by atoms with Crippen molar-refractivity contribution >= 4 is 40.7 Å². The Morgan fingerprint density at radius 2 is 1.74 bits per heavy atom. The highest BCUT2D eigenvalue weighted by atomic mass is 35.5. The number of rotatable bonds is 8. The Kier molecular flexibility index (Phi) is 7.73. The van der Waals surface area contributed by atoms with E-state index in [-0.39, 0.29) is 5.97 Å². The fourth-order valence-electron chi connectivity index (χ4n) is 4.69. The number of hydrogen-bond acceptors (Lipinski definition) is 5. The van der Waals surface area contributed by atoms with Gasteiger partial charge in [0.2, 0.25) is 0 Å². The second-order valence-electron chi connectivity index (χ2n) is 9.45. The molecular formula is C31H27ClFNO4S. The number of nitrogens with one attached hydrogen (secondary N) is 1. The second kappa shape index (κ2) is 11.2. The molecule has 5 rings (SSSR count). The van der Waals surface area contributed by atoms with E-state index in [1.54, 1.807) is 25.1 Å². The van der Waals surface area contributed by atoms with Gasteiger partial charge in [-0.2, -0.15) is 0 Å². The van der Waals surface area contributed by atoms with Crippen LogP contribution in [0.5, 0.6) is 0 Å². The molecule has 8 heteroatoms. The fraction of sp³-hybridized carbons (Fsp3) is 0.226. The van der Waals surface area contributed by atoms with Crippen molar-refractivity contribution < 1.29 is 23.5 Å². The van der Waals surface area contributed by atoms with Gasteiger partial charge in [0.05, 0.1) is 26.9 Å². The van der Waals surface area contributed by atoms with Gasteiger partial charge in [-0.05, 0) is 67.1 Å². The first-order valence-corrected chi connectivity index (χ1v) is 13.9. The van der Waals surface area contributed by atoms with Crippen LogP contribution in [0.15, 0.2) is 78.9 Å². The fourth-order valence-corrected chi connectivity index (χ4v) is 5.91. The van der Waals surface area contributed by atoms with Crippen molar-refractivity contribution in [1.82, 2.24) is 0 Å². The van der Waals surface area contributed by atoms with Crippen LogP contribution >= 0.6 is 22.9 Å². The molecule has 0 saturated heterocycles. The maximum absolute atomic E-state index is 13.6. The average Bonchev–Trinajstić information content (AvgIpc) is 3.66. The molecule has 1 unspecified atom stereocenters. The van der Waals surface area contributed by atoms with Gasteiger partial charge >= 0.3 is 12.1 Å². The summed E-state index contributed by atoms with van der Waals surface area (Å²) in [6, 6.07) is 23.5. The number of benzene rings is 3. The molecule has 5 nitrogen and oxygen atoms in total. The Morgan fingerprint density at radius 3 is 2.41 bits per heavy atom. The van der Waals surface area contributed by atoms with Gasteiger partial charge in [0, 0.05) is 5.56 Å². The number of esters is 1. The Morgan fingerprint density at radius 1 is 1.03 bits per heavy atom. The van der Waals surface area contributed by atoms with Crippen LogP contribution in [0.25, 0.3) is 21.6 Å². The Labute approximate surface area is 235 Å². The molecule has 1 amide bonds. The van der Waals surface area contributed by atoms with Crippen LogP contribution in [-0.2, 0) is 19.7 Å². The lowest BCUT2D eigenvalue weighted by Crippen LogP contribution is -2.23. The number of amides is 1. The molecular weight excluding hydrogens is 537 g/mol. The second-order valence-corrected chi connectivity index (χ2v) is 11.1. The molecule has 1 aliphatic carbocycles. The molecule has 0 bridgehead atoms. The van der Waals surface area contributed by atoms with Gasteiger partial charge in [0.15, 0.2) is 0 Å². The first-order chi connectivity index (χ1) is 18.8. The van der Waals surface area contributed by atoms with E-state index < -0.39 is 23.4 Å². The molecule has 1 aliphatic rings. The lowest BCUT2D eigenvalue weighted by Gasteiger charge is -2.16. The third-order valence-corrected chi connectivity index (χ3v) is 8.17. The number of thiophene rings is 1. The van der Waals surface area contributed by atoms with E-state index in [2.05, 4.69) is 5.32 Å². The van der Waals surface area contributed by atoms with Crippen molar-refractivity contribution in [2.45, 2.75) is 38.2 Å². The largest absolute Gasteiger partial charge is 0.465 e. The SMILES string of the molecule is CCOC(=O)C1(c2ccc(-c3ccccc3-c3sc(Cl)cc3NC(=O)OC(C)c3cccc(F)c3)cc2)CC1. The molecule has 1 aromatic heterocycles. The zero-order valence-corrected chi connectivity index (χ0v) is 23.1. The molecule has 1 heterocycles. The van der Waals surface area contributed by atoms with E-state index in [9.17, 15) is 14.0 Å². The molecule has 3 aromatic carbocycles. The van der Waals surface area contributed by atoms with Crippen molar-refractivity contribution in [3.63, 3.8) is 0 Å². The normalized spacial score (nSPS) is 14.4. The minimum atomic E-state index is -0.669. The summed E-state index contributed by atoms with van der Waals surface area (Å²) in [6.07, 6.45) is 0.267. The van der Waals surface area contributed by atoms with E-state index in [1.165, 1.54) is 23.5 Å². The highest BCUT2D eigenvalue weighted by Crippen LogP contribution is 2.50. The van der Waals surface area contributed by atoms with Gasteiger partial charge in [-0.25, -0.2) is 9.18 Å². The topological polar surface area (TPSA) is 64.6 Å². The van der Waals surface area contributed by atoms with Crippen LogP contribution in [-0.4, -0.2) is 18.7 Å². The van der Waals surface area contributed by atoms with Gasteiger partial charge in [-0.15, -0.1) is 11.3 Å². The molecule has 0 radical (unpaired) electrons. The van der Waals surface area contributed by atoms with E-state index in [0.717, 1.165) is 40.0 Å². The van der Waals surface area contributed by atoms with Crippen molar-refractivity contribution in [1.29, 1.82) is 0 Å². The molecule has 1 fully saturated rings. The number of halogens is 2. The summed E-state index contributed by atoms with van der Waals surface area (Å²) in [4.78, 5) is 26.1. The van der Waals surface area contributed by atoms with Crippen LogP contribution in [0.4, 0.5) is 14.9 Å². The third kappa shape index (κ3) is 5.70. The van der Waals surface area contributed by atoms with Crippen molar-refractivity contribution in [3.05, 3.63) is 100 Å². The van der Waals surface area contributed by atoms with Crippen molar-refractivity contribution in [2.75, 3.05) is 11.9 Å². The molecule has 200 valence electrons. The summed E-state index contributed by atoms with van der Waals surface area (Å²) in [5.74, 6) is -0.561. The lowest BCUT2D eigenvalue weighted by molar-refractivity contribution is -0.146. The maximum Gasteiger partial charge on any atom is 0.412 e. The molecule has 0 aliphatic heterocycles. The van der Waals surface area contributed by atoms with E-state index in [1.807, 2.05) is 55.5 Å². The van der Waals surface area contributed by atoms with Gasteiger partial charge in [0.25, 0.3) is 0 Å². The minimum absolute atomic E-state index is 0.166. The highest BCUT2D eigenvalue weighted by Gasteiger charge is 2.52. The third-order valence-electron chi connectivity index (χ3n) is 6.88. The van der Waals surface area contributed by atoms with Crippen LogP contribution in [0.3, 0.4) is 0 Å². The summed E-state index contributed by atoms with van der Waals surface area (Å²) in [5, 5.41) is 2.81. The van der Waals surface area contributed by atoms with E-state index in [4.69, 9.17) is 21.1 Å². The zero-order chi connectivity index (χ0) is 27.6. The van der Waals surface area contributed by atoms with Crippen molar-refractivity contribution in [2.24, 2.45) is 0 Å². The quantitative estimate of drug-likeness (QED) is 0.218. The van der Waals surface area contributed by atoms with Crippen LogP contribution in [0.2, 0.25) is 4.34 Å². The first-order valence-electron chi connectivity index (χ1n) is 12.7. The smallest absolute Gasteiger partial charge is 0.412 e. The Balaban J connectivity index is 1.39. The molecule has 4 aromatic rings. The highest BCUT2D eigenvalue weighted by molar-refractivity contribution is 7.20. The predicted molar refractivity (Wildman–Crippen MR) is 153 cm³/mol. The summed E-state index contributed by atoms with van der Waals surface area (Å²) >= 11 is 7.74. The van der Waals surface area contributed by atoms with E-state index in [0.29, 0.717) is 22.2 Å². The van der Waals surface area contributed by atoms with Gasteiger partial charge < -0.3 is 9.47 Å². The van der Waals surface area contributed by atoms with Gasteiger partial charge in [0.1, 0.15) is 11.9 Å². The number of carbonyl (C=O) groups is 2. The Hall–Kier alpha value is -3.68. The summed E-state index contributed by atoms with van der Waals surface area (Å²) in [5.41, 5.74) is 4.30. The maximum atomic E-state index is 13.6. The number of anilines is 1. The standard InChI is InChI=1S/C31H27ClFNO4S/c1-3-37-29(35)31(15-16-31)22-13-11-20(12-14-22)24-9-4-5-10-25(24)28-26(18-27(32)39-28)34-30(36)38-19(2)21-7-6-8-23(33)17-21/h4-14,17-19H,3,15-16H2,1-2H3,(H,34,36). The van der Waals surface area contributed by atoms with Crippen LogP contribution in [0, 0.1) is 5.82 Å². The van der Waals surface area contributed by atoms with Gasteiger partial charge in [-0.3, -0.25) is 10.1 Å². The number of hydrogen-bond donors (Lipinski definition) is 1. The zero-order valence-electron chi connectivity index (χ0n) is 21.5. The van der Waals surface area contributed by atoms with Crippen LogP contribution in [0.1, 0.15) is 43.9 Å². The molecule has 1 saturated carbocycles. The molecule has 39 heavy (non-hydrogen) atoms. The first kappa shape index (κ1) is 26.9. The summed E-state index contributed by atoms with van der Waals surface area (Å²) < 4.78 is 24.9. The molecule has 1 N–H and O–H groups in total. The van der Waals surface area contributed by atoms with Crippen LogP contribution < -0.4 is 5.32 Å². The Bertz CT molecular complexity index is 1510. The van der Waals surface area contributed by atoms with Gasteiger partial charge in [-0.1, -0.05) is 72.3 Å². The number of ether oxygens (including phenoxy) is 2. The molecule has 1 atom stereocenters.